The molecule has 1 amide bonds. The molecule has 0 aliphatic rings. The minimum Gasteiger partial charge on any atom is -0.404 e. The molecule has 26 heavy (non-hydrogen) atoms. The van der Waals surface area contributed by atoms with Gasteiger partial charge in [0.15, 0.2) is 5.75 Å². The number of halogens is 3. The van der Waals surface area contributed by atoms with Gasteiger partial charge in [-0.25, -0.2) is 0 Å². The molecule has 0 radical (unpaired) electrons. The van der Waals surface area contributed by atoms with Gasteiger partial charge in [0.2, 0.25) is 5.76 Å². The molecule has 8 heteroatoms. The number of rotatable bonds is 4. The summed E-state index contributed by atoms with van der Waals surface area (Å²) in [6, 6.07) is 14.0. The van der Waals surface area contributed by atoms with Crippen LogP contribution in [0, 0.1) is 6.92 Å². The normalized spacial score (nSPS) is 11.2. The Hall–Kier alpha value is -3.29. The minimum atomic E-state index is -4.87. The van der Waals surface area contributed by atoms with Gasteiger partial charge in [-0.3, -0.25) is 4.79 Å². The Balaban J connectivity index is 1.78. The van der Waals surface area contributed by atoms with E-state index in [2.05, 4.69) is 15.2 Å². The molecule has 1 heterocycles. The lowest BCUT2D eigenvalue weighted by atomic mass is 10.1. The summed E-state index contributed by atoms with van der Waals surface area (Å²) in [6.07, 6.45) is -4.87. The van der Waals surface area contributed by atoms with Crippen LogP contribution in [-0.4, -0.2) is 17.4 Å². The van der Waals surface area contributed by atoms with Crippen LogP contribution in [0.1, 0.15) is 16.1 Å². The highest BCUT2D eigenvalue weighted by atomic mass is 19.4. The van der Waals surface area contributed by atoms with E-state index in [4.69, 9.17) is 4.52 Å². The summed E-state index contributed by atoms with van der Waals surface area (Å²) in [5.41, 5.74) is 2.12. The first-order chi connectivity index (χ1) is 12.3. The number of aromatic nitrogens is 1. The van der Waals surface area contributed by atoms with E-state index in [1.165, 1.54) is 24.3 Å². The van der Waals surface area contributed by atoms with Crippen LogP contribution in [0.15, 0.2) is 59.1 Å². The predicted octanol–water partition coefficient (Wildman–Crippen LogP) is 4.80. The van der Waals surface area contributed by atoms with Gasteiger partial charge < -0.3 is 14.6 Å². The van der Waals surface area contributed by atoms with Crippen molar-refractivity contribution in [3.8, 4) is 17.0 Å². The van der Waals surface area contributed by atoms with E-state index in [9.17, 15) is 18.0 Å². The average Bonchev–Trinajstić information content (AvgIpc) is 3.06. The number of nitrogens with zero attached hydrogens (tertiary/aromatic N) is 1. The van der Waals surface area contributed by atoms with Crippen LogP contribution in [0.2, 0.25) is 0 Å². The number of benzene rings is 2. The van der Waals surface area contributed by atoms with Gasteiger partial charge in [0, 0.05) is 11.6 Å². The van der Waals surface area contributed by atoms with Crippen molar-refractivity contribution < 1.29 is 27.2 Å². The van der Waals surface area contributed by atoms with Crippen LogP contribution in [0.3, 0.4) is 0 Å². The van der Waals surface area contributed by atoms with Crippen molar-refractivity contribution in [3.63, 3.8) is 0 Å². The quantitative estimate of drug-likeness (QED) is 0.724. The molecule has 0 bridgehead atoms. The van der Waals surface area contributed by atoms with Crippen LogP contribution in [0.25, 0.3) is 11.3 Å². The Labute approximate surface area is 146 Å². The van der Waals surface area contributed by atoms with Gasteiger partial charge in [0.05, 0.1) is 5.69 Å². The summed E-state index contributed by atoms with van der Waals surface area (Å²) in [5.74, 6) is -1.40. The number of hydrogen-bond donors (Lipinski definition) is 1. The third-order valence-electron chi connectivity index (χ3n) is 3.44. The fourth-order valence-corrected chi connectivity index (χ4v) is 2.21. The molecule has 0 aliphatic heterocycles. The summed E-state index contributed by atoms with van der Waals surface area (Å²) in [7, 11) is 0. The second kappa shape index (κ2) is 6.91. The molecular formula is C18H13F3N2O3. The van der Waals surface area contributed by atoms with Crippen molar-refractivity contribution in [1.29, 1.82) is 0 Å². The van der Waals surface area contributed by atoms with Crippen LogP contribution in [0.4, 0.5) is 18.9 Å². The Morgan fingerprint density at radius 1 is 1.12 bits per heavy atom. The highest BCUT2D eigenvalue weighted by molar-refractivity contribution is 6.03. The number of aryl methyl sites for hydroxylation is 1. The molecule has 0 aliphatic carbocycles. The average molecular weight is 362 g/mol. The summed E-state index contributed by atoms with van der Waals surface area (Å²) in [4.78, 5) is 12.2. The zero-order valence-corrected chi connectivity index (χ0v) is 13.5. The van der Waals surface area contributed by atoms with E-state index in [1.807, 2.05) is 31.2 Å². The fourth-order valence-electron chi connectivity index (χ4n) is 2.21. The fraction of sp³-hybridized carbons (Fsp3) is 0.111. The van der Waals surface area contributed by atoms with Crippen molar-refractivity contribution in [2.24, 2.45) is 0 Å². The van der Waals surface area contributed by atoms with Crippen molar-refractivity contribution in [2.75, 3.05) is 5.32 Å². The summed E-state index contributed by atoms with van der Waals surface area (Å²) >= 11 is 0. The van der Waals surface area contributed by atoms with Crippen LogP contribution >= 0.6 is 0 Å². The molecule has 134 valence electrons. The van der Waals surface area contributed by atoms with Crippen molar-refractivity contribution in [1.82, 2.24) is 5.16 Å². The first kappa shape index (κ1) is 17.5. The highest BCUT2D eigenvalue weighted by Gasteiger charge is 2.32. The Bertz CT molecular complexity index is 918. The minimum absolute atomic E-state index is 0.136. The number of amides is 1. The van der Waals surface area contributed by atoms with E-state index in [0.717, 1.165) is 17.2 Å². The first-order valence-electron chi connectivity index (χ1n) is 7.52. The lowest BCUT2D eigenvalue weighted by molar-refractivity contribution is -0.274. The van der Waals surface area contributed by atoms with E-state index < -0.39 is 18.0 Å². The maximum atomic E-state index is 12.4. The van der Waals surface area contributed by atoms with E-state index in [-0.39, 0.29) is 11.4 Å². The number of anilines is 1. The van der Waals surface area contributed by atoms with Gasteiger partial charge in [0.25, 0.3) is 5.91 Å². The number of carbonyl (C=O) groups is 1. The van der Waals surface area contributed by atoms with Crippen LogP contribution < -0.4 is 10.1 Å². The predicted molar refractivity (Wildman–Crippen MR) is 87.8 cm³/mol. The smallest absolute Gasteiger partial charge is 0.404 e. The molecule has 0 spiro atoms. The van der Waals surface area contributed by atoms with Crippen molar-refractivity contribution >= 4 is 11.6 Å². The maximum absolute atomic E-state index is 12.4. The largest absolute Gasteiger partial charge is 0.573 e. The lowest BCUT2D eigenvalue weighted by Crippen LogP contribution is -2.19. The Morgan fingerprint density at radius 2 is 1.81 bits per heavy atom. The number of hydrogen-bond acceptors (Lipinski definition) is 4. The second-order valence-electron chi connectivity index (χ2n) is 5.44. The Kier molecular flexibility index (Phi) is 4.66. The molecule has 3 aromatic rings. The van der Waals surface area contributed by atoms with Gasteiger partial charge in [-0.1, -0.05) is 47.1 Å². The third-order valence-corrected chi connectivity index (χ3v) is 3.44. The molecule has 3 rings (SSSR count). The molecule has 5 nitrogen and oxygen atoms in total. The number of alkyl halides is 3. The van der Waals surface area contributed by atoms with E-state index in [1.54, 1.807) is 0 Å². The topological polar surface area (TPSA) is 64.4 Å². The molecule has 0 saturated heterocycles. The van der Waals surface area contributed by atoms with Gasteiger partial charge >= 0.3 is 6.36 Å². The van der Waals surface area contributed by atoms with Gasteiger partial charge in [-0.2, -0.15) is 0 Å². The highest BCUT2D eigenvalue weighted by Crippen LogP contribution is 2.30. The second-order valence-corrected chi connectivity index (χ2v) is 5.44. The molecule has 2 aromatic carbocycles. The summed E-state index contributed by atoms with van der Waals surface area (Å²) < 4.78 is 46.2. The molecule has 1 N–H and O–H groups in total. The first-order valence-corrected chi connectivity index (χ1v) is 7.52. The van der Waals surface area contributed by atoms with Gasteiger partial charge in [-0.05, 0) is 19.1 Å². The Morgan fingerprint density at radius 3 is 2.50 bits per heavy atom. The molecule has 1 aromatic heterocycles. The summed E-state index contributed by atoms with van der Waals surface area (Å²) in [6.45, 7) is 1.94. The number of para-hydroxylation sites is 2. The van der Waals surface area contributed by atoms with Crippen LogP contribution in [-0.2, 0) is 0 Å². The van der Waals surface area contributed by atoms with E-state index in [0.29, 0.717) is 5.69 Å². The zero-order valence-electron chi connectivity index (χ0n) is 13.5. The standard InChI is InChI=1S/C18H13F3N2O3/c1-11-6-8-12(9-7-11)14-10-16(26-23-14)17(24)22-13-4-2-3-5-15(13)25-18(19,20)21/h2-10H,1H3,(H,22,24). The molecule has 0 unspecified atom stereocenters. The summed E-state index contributed by atoms with van der Waals surface area (Å²) in [5, 5.41) is 6.14. The molecule has 0 atom stereocenters. The van der Waals surface area contributed by atoms with Crippen LogP contribution in [0.5, 0.6) is 5.75 Å². The monoisotopic (exact) mass is 362 g/mol. The van der Waals surface area contributed by atoms with E-state index >= 15 is 0 Å². The lowest BCUT2D eigenvalue weighted by Gasteiger charge is -2.13. The number of ether oxygens (including phenoxy) is 1. The number of nitrogens with one attached hydrogen (secondary N) is 1. The SMILES string of the molecule is Cc1ccc(-c2cc(C(=O)Nc3ccccc3OC(F)(F)F)on2)cc1. The van der Waals surface area contributed by atoms with Crippen molar-refractivity contribution in [2.45, 2.75) is 13.3 Å². The third kappa shape index (κ3) is 4.21. The molecule has 0 fully saturated rings. The molecular weight excluding hydrogens is 349 g/mol. The molecule has 0 saturated carbocycles. The number of carbonyl (C=O) groups excluding carboxylic acids is 1. The zero-order chi connectivity index (χ0) is 18.7. The van der Waals surface area contributed by atoms with Gasteiger partial charge in [0.1, 0.15) is 5.69 Å². The maximum Gasteiger partial charge on any atom is 0.573 e. The van der Waals surface area contributed by atoms with Gasteiger partial charge in [-0.15, -0.1) is 13.2 Å². The van der Waals surface area contributed by atoms with Crippen molar-refractivity contribution in [3.05, 3.63) is 65.9 Å².